The van der Waals surface area contributed by atoms with Gasteiger partial charge >= 0.3 is 0 Å². The molecule has 2 aromatic rings. The quantitative estimate of drug-likeness (QED) is 0.259. The largest absolute Gasteiger partial charge is 0.492 e. The Kier molecular flexibility index (Phi) is 12.3. The SMILES string of the molecule is CN=C(NCc1ccccc1OCCN(C)C)NCC(c1cccs1)N1CCOCC1.I. The minimum Gasteiger partial charge on any atom is -0.492 e. The second-order valence-corrected chi connectivity index (χ2v) is 8.72. The number of para-hydroxylation sites is 1. The third kappa shape index (κ3) is 8.51. The minimum absolute atomic E-state index is 0. The Labute approximate surface area is 213 Å². The van der Waals surface area contributed by atoms with Crippen LogP contribution >= 0.6 is 35.3 Å². The zero-order chi connectivity index (χ0) is 21.9. The summed E-state index contributed by atoms with van der Waals surface area (Å²) in [6, 6.07) is 12.8. The van der Waals surface area contributed by atoms with Crippen molar-refractivity contribution in [1.29, 1.82) is 0 Å². The van der Waals surface area contributed by atoms with Crippen molar-refractivity contribution in [2.45, 2.75) is 12.6 Å². The lowest BCUT2D eigenvalue weighted by atomic mass is 10.2. The van der Waals surface area contributed by atoms with Crippen molar-refractivity contribution >= 4 is 41.3 Å². The van der Waals surface area contributed by atoms with E-state index < -0.39 is 0 Å². The highest BCUT2D eigenvalue weighted by molar-refractivity contribution is 14.0. The second-order valence-electron chi connectivity index (χ2n) is 7.75. The zero-order valence-electron chi connectivity index (χ0n) is 19.3. The predicted octanol–water partition coefficient (Wildman–Crippen LogP) is 3.05. The molecule has 0 bridgehead atoms. The van der Waals surface area contributed by atoms with E-state index in [-0.39, 0.29) is 24.0 Å². The number of aliphatic imine (C=N–C) groups is 1. The molecule has 2 N–H and O–H groups in total. The first-order valence-corrected chi connectivity index (χ1v) is 11.7. The van der Waals surface area contributed by atoms with Crippen LogP contribution in [0.15, 0.2) is 46.8 Å². The van der Waals surface area contributed by atoms with Crippen LogP contribution in [0.5, 0.6) is 5.75 Å². The molecule has 1 fully saturated rings. The first-order chi connectivity index (χ1) is 15.2. The molecule has 0 radical (unpaired) electrons. The Morgan fingerprint density at radius 1 is 1.19 bits per heavy atom. The molecule has 1 unspecified atom stereocenters. The van der Waals surface area contributed by atoms with E-state index in [4.69, 9.17) is 9.47 Å². The summed E-state index contributed by atoms with van der Waals surface area (Å²) in [5.74, 6) is 1.70. The molecule has 2 heterocycles. The number of hydrogen-bond acceptors (Lipinski definition) is 6. The molecule has 0 saturated carbocycles. The maximum absolute atomic E-state index is 5.98. The van der Waals surface area contributed by atoms with Gasteiger partial charge in [-0.1, -0.05) is 24.3 Å². The molecule has 7 nitrogen and oxygen atoms in total. The van der Waals surface area contributed by atoms with E-state index in [1.165, 1.54) is 4.88 Å². The Morgan fingerprint density at radius 2 is 1.97 bits per heavy atom. The summed E-state index contributed by atoms with van der Waals surface area (Å²) in [6.07, 6.45) is 0. The van der Waals surface area contributed by atoms with Gasteiger partial charge in [-0.15, -0.1) is 35.3 Å². The topological polar surface area (TPSA) is 61.4 Å². The van der Waals surface area contributed by atoms with Gasteiger partial charge in [0.2, 0.25) is 0 Å². The van der Waals surface area contributed by atoms with Gasteiger partial charge in [0.05, 0.1) is 19.3 Å². The fourth-order valence-electron chi connectivity index (χ4n) is 3.50. The van der Waals surface area contributed by atoms with E-state index in [0.717, 1.165) is 56.7 Å². The summed E-state index contributed by atoms with van der Waals surface area (Å²) in [7, 11) is 5.91. The fraction of sp³-hybridized carbons (Fsp3) is 0.522. The summed E-state index contributed by atoms with van der Waals surface area (Å²) >= 11 is 1.80. The van der Waals surface area contributed by atoms with Crippen molar-refractivity contribution in [3.63, 3.8) is 0 Å². The average Bonchev–Trinajstić information content (AvgIpc) is 3.32. The molecular weight excluding hydrogens is 537 g/mol. The summed E-state index contributed by atoms with van der Waals surface area (Å²) in [4.78, 5) is 10.4. The predicted molar refractivity (Wildman–Crippen MR) is 144 cm³/mol. The van der Waals surface area contributed by atoms with Crippen LogP contribution in [0.25, 0.3) is 0 Å². The lowest BCUT2D eigenvalue weighted by Crippen LogP contribution is -2.46. The lowest BCUT2D eigenvalue weighted by molar-refractivity contribution is 0.0177. The van der Waals surface area contributed by atoms with Gasteiger partial charge in [-0.2, -0.15) is 0 Å². The van der Waals surface area contributed by atoms with Crippen molar-refractivity contribution < 1.29 is 9.47 Å². The highest BCUT2D eigenvalue weighted by Crippen LogP contribution is 2.25. The van der Waals surface area contributed by atoms with Crippen LogP contribution in [0.1, 0.15) is 16.5 Å². The van der Waals surface area contributed by atoms with Gasteiger partial charge in [0.25, 0.3) is 0 Å². The van der Waals surface area contributed by atoms with Gasteiger partial charge in [0.1, 0.15) is 12.4 Å². The van der Waals surface area contributed by atoms with Gasteiger partial charge in [0, 0.05) is 50.2 Å². The van der Waals surface area contributed by atoms with E-state index in [1.54, 1.807) is 11.3 Å². The number of rotatable bonds is 10. The van der Waals surface area contributed by atoms with Crippen molar-refractivity contribution in [3.8, 4) is 5.75 Å². The number of morpholine rings is 1. The molecule has 0 spiro atoms. The molecule has 32 heavy (non-hydrogen) atoms. The molecule has 0 aliphatic carbocycles. The van der Waals surface area contributed by atoms with E-state index in [1.807, 2.05) is 39.3 Å². The smallest absolute Gasteiger partial charge is 0.191 e. The molecule has 1 aromatic carbocycles. The molecular formula is C23H36IN5O2S. The van der Waals surface area contributed by atoms with Crippen LogP contribution in [0.3, 0.4) is 0 Å². The molecule has 1 aliphatic heterocycles. The maximum atomic E-state index is 5.98. The fourth-order valence-corrected chi connectivity index (χ4v) is 4.36. The molecule has 178 valence electrons. The molecule has 1 aromatic heterocycles. The standard InChI is InChI=1S/C23H35N5O2S.HI/c1-24-23(25-17-19-7-4-5-8-21(19)30-15-10-27(2)3)26-18-20(22-9-6-16-31-22)28-11-13-29-14-12-28;/h4-9,16,20H,10-15,17-18H2,1-3H3,(H2,24,25,26);1H. The molecule has 9 heteroatoms. The molecule has 3 rings (SSSR count). The summed E-state index contributed by atoms with van der Waals surface area (Å²) < 4.78 is 11.5. The van der Waals surface area contributed by atoms with Crippen molar-refractivity contribution in [3.05, 3.63) is 52.2 Å². The van der Waals surface area contributed by atoms with Crippen LogP contribution < -0.4 is 15.4 Å². The first-order valence-electron chi connectivity index (χ1n) is 10.8. The Bertz CT molecular complexity index is 797. The van der Waals surface area contributed by atoms with Crippen molar-refractivity contribution in [2.75, 3.05) is 67.1 Å². The molecule has 1 atom stereocenters. The summed E-state index contributed by atoms with van der Waals surface area (Å²) in [5.41, 5.74) is 1.12. The Hall–Kier alpha value is -1.40. The number of guanidine groups is 1. The van der Waals surface area contributed by atoms with Crippen molar-refractivity contribution in [2.24, 2.45) is 4.99 Å². The van der Waals surface area contributed by atoms with Crippen LogP contribution in [0.2, 0.25) is 0 Å². The minimum atomic E-state index is 0. The Balaban J connectivity index is 0.00000363. The summed E-state index contributed by atoms with van der Waals surface area (Å²) in [6.45, 7) is 6.48. The highest BCUT2D eigenvalue weighted by Gasteiger charge is 2.23. The number of halogens is 1. The van der Waals surface area contributed by atoms with E-state index >= 15 is 0 Å². The number of nitrogens with zero attached hydrogens (tertiary/aromatic N) is 3. The van der Waals surface area contributed by atoms with Gasteiger partial charge in [-0.25, -0.2) is 0 Å². The zero-order valence-corrected chi connectivity index (χ0v) is 22.4. The van der Waals surface area contributed by atoms with Crippen LogP contribution in [-0.2, 0) is 11.3 Å². The average molecular weight is 574 g/mol. The van der Waals surface area contributed by atoms with Crippen molar-refractivity contribution in [1.82, 2.24) is 20.4 Å². The normalized spacial score (nSPS) is 15.8. The van der Waals surface area contributed by atoms with E-state index in [2.05, 4.69) is 49.0 Å². The monoisotopic (exact) mass is 573 g/mol. The molecule has 1 aliphatic rings. The number of nitrogens with one attached hydrogen (secondary N) is 2. The van der Waals surface area contributed by atoms with Crippen LogP contribution in [-0.4, -0.2) is 82.9 Å². The third-order valence-electron chi connectivity index (χ3n) is 5.26. The van der Waals surface area contributed by atoms with Gasteiger partial charge < -0.3 is 25.0 Å². The number of hydrogen-bond donors (Lipinski definition) is 2. The van der Waals surface area contributed by atoms with Crippen LogP contribution in [0, 0.1) is 0 Å². The summed E-state index contributed by atoms with van der Waals surface area (Å²) in [5, 5.41) is 9.10. The Morgan fingerprint density at radius 3 is 2.66 bits per heavy atom. The number of thiophene rings is 1. The van der Waals surface area contributed by atoms with Crippen LogP contribution in [0.4, 0.5) is 0 Å². The third-order valence-corrected chi connectivity index (χ3v) is 6.23. The van der Waals surface area contributed by atoms with Gasteiger partial charge in [0.15, 0.2) is 5.96 Å². The maximum Gasteiger partial charge on any atom is 0.191 e. The number of ether oxygens (including phenoxy) is 2. The van der Waals surface area contributed by atoms with Gasteiger partial charge in [-0.3, -0.25) is 9.89 Å². The second kappa shape index (κ2) is 14.7. The first kappa shape index (κ1) is 26.8. The molecule has 1 saturated heterocycles. The van der Waals surface area contributed by atoms with Gasteiger partial charge in [-0.05, 0) is 31.6 Å². The van der Waals surface area contributed by atoms with E-state index in [9.17, 15) is 0 Å². The molecule has 0 amide bonds. The van der Waals surface area contributed by atoms with E-state index in [0.29, 0.717) is 19.2 Å². The lowest BCUT2D eigenvalue weighted by Gasteiger charge is -2.34. The highest BCUT2D eigenvalue weighted by atomic mass is 127. The number of benzene rings is 1. The number of likely N-dealkylation sites (N-methyl/N-ethyl adjacent to an activating group) is 1.